The summed E-state index contributed by atoms with van der Waals surface area (Å²) in [5.41, 5.74) is 4.70. The summed E-state index contributed by atoms with van der Waals surface area (Å²) < 4.78 is 0. The van der Waals surface area contributed by atoms with E-state index in [1.54, 1.807) is 6.08 Å². The summed E-state index contributed by atoms with van der Waals surface area (Å²) >= 11 is 0. The molecule has 0 aliphatic rings. The molecular formula is C10H14O. The molecule has 0 atom stereocenters. The van der Waals surface area contributed by atoms with Crippen molar-refractivity contribution in [2.24, 2.45) is 0 Å². The Hall–Kier alpha value is -1.04. The summed E-state index contributed by atoms with van der Waals surface area (Å²) in [5.74, 6) is 0. The Morgan fingerprint density at radius 3 is 2.64 bits per heavy atom. The van der Waals surface area contributed by atoms with Crippen molar-refractivity contribution < 1.29 is 5.11 Å². The van der Waals surface area contributed by atoms with E-state index in [9.17, 15) is 0 Å². The highest BCUT2D eigenvalue weighted by molar-refractivity contribution is 5.24. The van der Waals surface area contributed by atoms with E-state index in [0.717, 1.165) is 11.1 Å². The molecule has 0 amide bonds. The van der Waals surface area contributed by atoms with E-state index in [4.69, 9.17) is 5.11 Å². The van der Waals surface area contributed by atoms with Gasteiger partial charge in [-0.2, -0.15) is 0 Å². The molecule has 60 valence electrons. The number of aliphatic hydroxyl groups is 1. The van der Waals surface area contributed by atoms with E-state index in [-0.39, 0.29) is 6.61 Å². The Morgan fingerprint density at radius 2 is 2.18 bits per heavy atom. The van der Waals surface area contributed by atoms with Gasteiger partial charge in [0, 0.05) is 0 Å². The van der Waals surface area contributed by atoms with Crippen LogP contribution in [0.25, 0.3) is 0 Å². The van der Waals surface area contributed by atoms with Gasteiger partial charge in [0.1, 0.15) is 0 Å². The van der Waals surface area contributed by atoms with Crippen molar-refractivity contribution in [2.45, 2.75) is 13.8 Å². The van der Waals surface area contributed by atoms with Gasteiger partial charge in [0.15, 0.2) is 0 Å². The molecule has 0 aromatic heterocycles. The maximum absolute atomic E-state index is 8.73. The van der Waals surface area contributed by atoms with E-state index >= 15 is 0 Å². The molecule has 0 unspecified atom stereocenters. The lowest BCUT2D eigenvalue weighted by molar-refractivity contribution is 0.330. The van der Waals surface area contributed by atoms with Crippen LogP contribution in [0.4, 0.5) is 0 Å². The Labute approximate surface area is 68.1 Å². The van der Waals surface area contributed by atoms with E-state index in [1.165, 1.54) is 0 Å². The third kappa shape index (κ3) is 4.38. The van der Waals surface area contributed by atoms with Crippen molar-refractivity contribution >= 4 is 0 Å². The predicted molar refractivity (Wildman–Crippen MR) is 48.3 cm³/mol. The normalized spacial score (nSPS) is 12.6. The lowest BCUT2D eigenvalue weighted by Crippen LogP contribution is -1.86. The molecule has 0 heterocycles. The third-order valence-corrected chi connectivity index (χ3v) is 1.47. The van der Waals surface area contributed by atoms with Crippen LogP contribution in [0.3, 0.4) is 0 Å². The number of aliphatic hydroxyl groups excluding tert-OH is 1. The topological polar surface area (TPSA) is 20.2 Å². The van der Waals surface area contributed by atoms with Crippen molar-refractivity contribution in [3.8, 4) is 0 Å². The van der Waals surface area contributed by atoms with Gasteiger partial charge >= 0.3 is 0 Å². The molecule has 1 heteroatoms. The summed E-state index contributed by atoms with van der Waals surface area (Å²) in [5, 5.41) is 8.73. The highest BCUT2D eigenvalue weighted by Crippen LogP contribution is 2.03. The molecule has 11 heavy (non-hydrogen) atoms. The first kappa shape index (κ1) is 9.96. The molecule has 0 rings (SSSR count). The second kappa shape index (κ2) is 5.72. The van der Waals surface area contributed by atoms with Crippen LogP contribution in [-0.2, 0) is 0 Å². The molecular weight excluding hydrogens is 136 g/mol. The minimum Gasteiger partial charge on any atom is -0.392 e. The van der Waals surface area contributed by atoms with Gasteiger partial charge in [0.25, 0.3) is 0 Å². The van der Waals surface area contributed by atoms with Crippen molar-refractivity contribution in [1.29, 1.82) is 0 Å². The third-order valence-electron chi connectivity index (χ3n) is 1.47. The predicted octanol–water partition coefficient (Wildman–Crippen LogP) is 2.21. The second-order valence-corrected chi connectivity index (χ2v) is 2.35. The monoisotopic (exact) mass is 150 g/mol. The molecule has 0 aliphatic heterocycles. The van der Waals surface area contributed by atoms with Gasteiger partial charge in [-0.25, -0.2) is 0 Å². The summed E-state index contributed by atoms with van der Waals surface area (Å²) in [7, 11) is 0. The largest absolute Gasteiger partial charge is 0.392 e. The zero-order valence-electron chi connectivity index (χ0n) is 7.09. The quantitative estimate of drug-likeness (QED) is 0.483. The van der Waals surface area contributed by atoms with Gasteiger partial charge in [-0.3, -0.25) is 0 Å². The molecule has 0 aromatic rings. The standard InChI is InChI=1S/C10H14O/c1-4-5-6-7-9(2)10(3)8-11/h5-7,11H,1,8H2,2-3H3/b7-6-,10-9+. The highest BCUT2D eigenvalue weighted by Gasteiger charge is 1.88. The van der Waals surface area contributed by atoms with Gasteiger partial charge in [-0.1, -0.05) is 18.7 Å². The molecule has 0 radical (unpaired) electrons. The number of hydrogen-bond donors (Lipinski definition) is 1. The van der Waals surface area contributed by atoms with Crippen LogP contribution >= 0.6 is 0 Å². The molecule has 0 aliphatic carbocycles. The summed E-state index contributed by atoms with van der Waals surface area (Å²) in [6.07, 6.45) is 5.50. The van der Waals surface area contributed by atoms with Crippen molar-refractivity contribution in [1.82, 2.24) is 0 Å². The van der Waals surface area contributed by atoms with E-state index in [2.05, 4.69) is 12.3 Å². The van der Waals surface area contributed by atoms with Crippen LogP contribution in [0.5, 0.6) is 0 Å². The van der Waals surface area contributed by atoms with Gasteiger partial charge < -0.3 is 5.11 Å². The molecule has 0 aromatic carbocycles. The molecule has 0 saturated carbocycles. The Bertz CT molecular complexity index is 215. The van der Waals surface area contributed by atoms with Crippen LogP contribution in [-0.4, -0.2) is 11.7 Å². The fraction of sp³-hybridized carbons (Fsp3) is 0.300. The van der Waals surface area contributed by atoms with Crippen LogP contribution in [0.15, 0.2) is 41.7 Å². The van der Waals surface area contributed by atoms with Crippen molar-refractivity contribution in [3.05, 3.63) is 41.7 Å². The van der Waals surface area contributed by atoms with Crippen molar-refractivity contribution in [2.75, 3.05) is 6.61 Å². The minimum atomic E-state index is 0.119. The van der Waals surface area contributed by atoms with Crippen LogP contribution in [0.1, 0.15) is 13.8 Å². The Kier molecular flexibility index (Phi) is 5.18. The van der Waals surface area contributed by atoms with Gasteiger partial charge in [-0.05, 0) is 31.1 Å². The average molecular weight is 150 g/mol. The lowest BCUT2D eigenvalue weighted by atomic mass is 10.1. The fourth-order valence-corrected chi connectivity index (χ4v) is 0.527. The molecule has 1 nitrogen and oxygen atoms in total. The van der Waals surface area contributed by atoms with Crippen LogP contribution < -0.4 is 0 Å². The minimum absolute atomic E-state index is 0.119. The zero-order chi connectivity index (χ0) is 8.69. The van der Waals surface area contributed by atoms with Gasteiger partial charge in [0.05, 0.1) is 6.61 Å². The number of allylic oxidation sites excluding steroid dienone is 4. The smallest absolute Gasteiger partial charge is 0.0644 e. The summed E-state index contributed by atoms with van der Waals surface area (Å²) in [6.45, 7) is 7.40. The Balaban J connectivity index is 4.25. The maximum Gasteiger partial charge on any atom is 0.0644 e. The van der Waals surface area contributed by atoms with E-state index in [1.807, 2.05) is 26.0 Å². The lowest BCUT2D eigenvalue weighted by Gasteiger charge is -1.96. The first-order chi connectivity index (χ1) is 5.22. The van der Waals surface area contributed by atoms with Crippen molar-refractivity contribution in [3.63, 3.8) is 0 Å². The molecule has 1 N–H and O–H groups in total. The van der Waals surface area contributed by atoms with Gasteiger partial charge in [-0.15, -0.1) is 5.73 Å². The van der Waals surface area contributed by atoms with Crippen LogP contribution in [0.2, 0.25) is 0 Å². The molecule has 0 saturated heterocycles. The molecule has 0 fully saturated rings. The van der Waals surface area contributed by atoms with E-state index in [0.29, 0.717) is 0 Å². The highest BCUT2D eigenvalue weighted by atomic mass is 16.3. The first-order valence-electron chi connectivity index (χ1n) is 3.52. The average Bonchev–Trinajstić information content (AvgIpc) is 2.03. The molecule has 0 spiro atoms. The summed E-state index contributed by atoms with van der Waals surface area (Å²) in [6, 6.07) is 0. The zero-order valence-corrected chi connectivity index (χ0v) is 7.09. The maximum atomic E-state index is 8.73. The SMILES string of the molecule is C=C=C/C=C\C(C)=C(/C)CO. The first-order valence-corrected chi connectivity index (χ1v) is 3.52. The van der Waals surface area contributed by atoms with E-state index < -0.39 is 0 Å². The number of rotatable bonds is 3. The fourth-order valence-electron chi connectivity index (χ4n) is 0.527. The van der Waals surface area contributed by atoms with Crippen LogP contribution in [0, 0.1) is 0 Å². The number of hydrogen-bond acceptors (Lipinski definition) is 1. The van der Waals surface area contributed by atoms with Gasteiger partial charge in [0.2, 0.25) is 0 Å². The Morgan fingerprint density at radius 1 is 1.55 bits per heavy atom. The molecule has 0 bridgehead atoms. The second-order valence-electron chi connectivity index (χ2n) is 2.35. The summed E-state index contributed by atoms with van der Waals surface area (Å²) in [4.78, 5) is 0.